The van der Waals surface area contributed by atoms with Gasteiger partial charge in [0.25, 0.3) is 0 Å². The van der Waals surface area contributed by atoms with Crippen LogP contribution in [-0.4, -0.2) is 27.6 Å². The van der Waals surface area contributed by atoms with Gasteiger partial charge in [-0.05, 0) is 56.4 Å². The van der Waals surface area contributed by atoms with Gasteiger partial charge in [-0.3, -0.25) is 14.5 Å². The summed E-state index contributed by atoms with van der Waals surface area (Å²) in [5.74, 6) is -0.201. The zero-order valence-corrected chi connectivity index (χ0v) is 23.6. The van der Waals surface area contributed by atoms with Gasteiger partial charge in [-0.2, -0.15) is 5.26 Å². The highest BCUT2D eigenvalue weighted by Gasteiger charge is 2.41. The number of nitriles is 1. The Morgan fingerprint density at radius 2 is 1.95 bits per heavy atom. The molecule has 1 aliphatic carbocycles. The Morgan fingerprint density at radius 3 is 2.69 bits per heavy atom. The number of hydrogen-bond donors (Lipinski definition) is 2. The van der Waals surface area contributed by atoms with E-state index in [0.717, 1.165) is 33.6 Å². The first kappa shape index (κ1) is 26.7. The molecule has 3 N–H and O–H groups in total. The number of thioether (sulfide) groups is 1. The quantitative estimate of drug-likeness (QED) is 0.382. The Kier molecular flexibility index (Phi) is 7.55. The maximum atomic E-state index is 13.3. The van der Waals surface area contributed by atoms with Crippen molar-refractivity contribution in [1.29, 1.82) is 5.26 Å². The lowest BCUT2D eigenvalue weighted by molar-refractivity contribution is -0.116. The lowest BCUT2D eigenvalue weighted by Gasteiger charge is -2.38. The van der Waals surface area contributed by atoms with Crippen LogP contribution in [0, 0.1) is 32.1 Å². The van der Waals surface area contributed by atoms with E-state index >= 15 is 0 Å². The van der Waals surface area contributed by atoms with Crippen molar-refractivity contribution in [2.45, 2.75) is 50.3 Å². The molecule has 39 heavy (non-hydrogen) atoms. The SMILES string of the molecule is Cc1ccc(C2C(C#N)=C(N)N(c3nnc(SCC(=O)Nc4cccc(C)c4C)s3)C3=C2C(=O)CCC3)cc1. The molecule has 1 unspecified atom stereocenters. The molecule has 198 valence electrons. The first-order valence-electron chi connectivity index (χ1n) is 12.6. The van der Waals surface area contributed by atoms with Gasteiger partial charge in [-0.15, -0.1) is 10.2 Å². The predicted molar refractivity (Wildman–Crippen MR) is 154 cm³/mol. The summed E-state index contributed by atoms with van der Waals surface area (Å²) in [5, 5.41) is 22.2. The van der Waals surface area contributed by atoms with E-state index in [0.29, 0.717) is 39.9 Å². The van der Waals surface area contributed by atoms with Crippen LogP contribution in [0.3, 0.4) is 0 Å². The highest BCUT2D eigenvalue weighted by Crippen LogP contribution is 2.47. The number of nitrogens with zero attached hydrogens (tertiary/aromatic N) is 4. The Balaban J connectivity index is 1.41. The number of hydrogen-bond acceptors (Lipinski definition) is 9. The van der Waals surface area contributed by atoms with E-state index in [4.69, 9.17) is 5.73 Å². The van der Waals surface area contributed by atoms with Crippen LogP contribution in [0.2, 0.25) is 0 Å². The molecule has 1 amide bonds. The smallest absolute Gasteiger partial charge is 0.234 e. The molecule has 2 heterocycles. The first-order chi connectivity index (χ1) is 18.8. The van der Waals surface area contributed by atoms with Gasteiger partial charge in [0.15, 0.2) is 10.1 Å². The number of allylic oxidation sites excluding steroid dienone is 3. The number of nitrogens with two attached hydrogens (primary N) is 1. The van der Waals surface area contributed by atoms with E-state index in [2.05, 4.69) is 21.6 Å². The van der Waals surface area contributed by atoms with Crippen LogP contribution in [0.25, 0.3) is 0 Å². The highest BCUT2D eigenvalue weighted by atomic mass is 32.2. The third-order valence-electron chi connectivity index (χ3n) is 7.12. The van der Waals surface area contributed by atoms with Crippen molar-refractivity contribution in [2.75, 3.05) is 16.0 Å². The molecule has 1 aliphatic heterocycles. The Bertz CT molecular complexity index is 1570. The van der Waals surface area contributed by atoms with Crippen molar-refractivity contribution in [3.63, 3.8) is 0 Å². The molecule has 2 aliphatic rings. The van der Waals surface area contributed by atoms with E-state index in [1.54, 1.807) is 4.90 Å². The lowest BCUT2D eigenvalue weighted by Crippen LogP contribution is -2.38. The minimum Gasteiger partial charge on any atom is -0.384 e. The van der Waals surface area contributed by atoms with Crippen LogP contribution < -0.4 is 16.0 Å². The van der Waals surface area contributed by atoms with Gasteiger partial charge in [0.05, 0.1) is 23.3 Å². The number of nitrogens with one attached hydrogen (secondary N) is 1. The van der Waals surface area contributed by atoms with Crippen molar-refractivity contribution in [3.05, 3.63) is 87.4 Å². The minimum atomic E-state index is -0.509. The van der Waals surface area contributed by atoms with Gasteiger partial charge in [0.2, 0.25) is 11.0 Å². The number of carbonyl (C=O) groups excluding carboxylic acids is 2. The minimum absolute atomic E-state index is 0.0225. The summed E-state index contributed by atoms with van der Waals surface area (Å²) in [7, 11) is 0. The topological polar surface area (TPSA) is 125 Å². The van der Waals surface area contributed by atoms with Gasteiger partial charge in [-0.25, -0.2) is 0 Å². The molecule has 2 aromatic carbocycles. The molecule has 0 fully saturated rings. The van der Waals surface area contributed by atoms with Crippen LogP contribution in [-0.2, 0) is 9.59 Å². The number of rotatable bonds is 6. The van der Waals surface area contributed by atoms with E-state index in [-0.39, 0.29) is 23.3 Å². The van der Waals surface area contributed by atoms with E-state index in [9.17, 15) is 14.9 Å². The second-order valence-corrected chi connectivity index (χ2v) is 11.8. The van der Waals surface area contributed by atoms with Crippen LogP contribution in [0.1, 0.15) is 47.4 Å². The number of benzene rings is 2. The number of Topliss-reactive ketones (excluding diaryl/α,β-unsaturated/α-hetero) is 1. The third-order valence-corrected chi connectivity index (χ3v) is 9.16. The standard InChI is InChI=1S/C29H28N6O2S2/c1-16-10-12-19(13-11-16)25-20(14-30)27(31)35(22-8-5-9-23(36)26(22)25)28-33-34-29(39-28)38-15-24(37)32-21-7-4-6-17(2)18(21)3/h4,6-7,10-13,25H,5,8-9,15,31H2,1-3H3,(H,32,37). The van der Waals surface area contributed by atoms with Crippen molar-refractivity contribution in [3.8, 4) is 6.07 Å². The molecule has 0 radical (unpaired) electrons. The molecular weight excluding hydrogens is 528 g/mol. The second kappa shape index (κ2) is 11.0. The maximum Gasteiger partial charge on any atom is 0.234 e. The van der Waals surface area contributed by atoms with Gasteiger partial charge in [-0.1, -0.05) is 65.1 Å². The van der Waals surface area contributed by atoms with E-state index < -0.39 is 5.92 Å². The number of ketones is 1. The molecule has 3 aromatic rings. The van der Waals surface area contributed by atoms with Crippen molar-refractivity contribution < 1.29 is 9.59 Å². The summed E-state index contributed by atoms with van der Waals surface area (Å²) in [6, 6.07) is 15.9. The predicted octanol–water partition coefficient (Wildman–Crippen LogP) is 5.50. The first-order valence-corrected chi connectivity index (χ1v) is 14.4. The van der Waals surface area contributed by atoms with Gasteiger partial charge >= 0.3 is 0 Å². The normalized spacial score (nSPS) is 17.2. The fraction of sp³-hybridized carbons (Fsp3) is 0.276. The second-order valence-electron chi connectivity index (χ2n) is 9.66. The number of amides is 1. The Labute approximate surface area is 235 Å². The average molecular weight is 557 g/mol. The fourth-order valence-corrected chi connectivity index (χ4v) is 6.63. The lowest BCUT2D eigenvalue weighted by atomic mass is 9.75. The zero-order chi connectivity index (χ0) is 27.7. The maximum absolute atomic E-state index is 13.3. The number of aryl methyl sites for hydroxylation is 2. The summed E-state index contributed by atoms with van der Waals surface area (Å²) in [4.78, 5) is 27.6. The van der Waals surface area contributed by atoms with Crippen LogP contribution in [0.4, 0.5) is 10.8 Å². The van der Waals surface area contributed by atoms with Crippen LogP contribution >= 0.6 is 23.1 Å². The molecule has 10 heteroatoms. The molecule has 1 atom stereocenters. The molecular formula is C29H28N6O2S2. The molecule has 5 rings (SSSR count). The van der Waals surface area contributed by atoms with Gasteiger partial charge < -0.3 is 11.1 Å². The summed E-state index contributed by atoms with van der Waals surface area (Å²) in [6.07, 6.45) is 1.77. The van der Waals surface area contributed by atoms with Crippen molar-refractivity contribution in [2.24, 2.45) is 5.73 Å². The summed E-state index contributed by atoms with van der Waals surface area (Å²) in [5.41, 5.74) is 13.2. The summed E-state index contributed by atoms with van der Waals surface area (Å²) < 4.78 is 0.595. The van der Waals surface area contributed by atoms with Crippen molar-refractivity contribution in [1.82, 2.24) is 10.2 Å². The van der Waals surface area contributed by atoms with Crippen LogP contribution in [0.5, 0.6) is 0 Å². The Morgan fingerprint density at radius 1 is 1.18 bits per heavy atom. The fourth-order valence-electron chi connectivity index (χ4n) is 4.95. The third kappa shape index (κ3) is 5.20. The van der Waals surface area contributed by atoms with Gasteiger partial charge in [0, 0.05) is 23.4 Å². The number of aromatic nitrogens is 2. The van der Waals surface area contributed by atoms with Crippen molar-refractivity contribution >= 4 is 45.6 Å². The summed E-state index contributed by atoms with van der Waals surface area (Å²) >= 11 is 2.56. The van der Waals surface area contributed by atoms with E-state index in [1.165, 1.54) is 23.1 Å². The van der Waals surface area contributed by atoms with Gasteiger partial charge in [0.1, 0.15) is 5.82 Å². The average Bonchev–Trinajstić information content (AvgIpc) is 3.38. The molecule has 1 aromatic heterocycles. The van der Waals surface area contributed by atoms with E-state index in [1.807, 2.05) is 63.2 Å². The zero-order valence-electron chi connectivity index (χ0n) is 21.9. The monoisotopic (exact) mass is 556 g/mol. The molecule has 0 spiro atoms. The molecule has 0 saturated heterocycles. The molecule has 0 saturated carbocycles. The van der Waals surface area contributed by atoms with Crippen LogP contribution in [0.15, 0.2) is 69.5 Å². The largest absolute Gasteiger partial charge is 0.384 e. The summed E-state index contributed by atoms with van der Waals surface area (Å²) in [6.45, 7) is 5.98. The number of carbonyl (C=O) groups is 2. The number of anilines is 2. The molecule has 8 nitrogen and oxygen atoms in total. The highest BCUT2D eigenvalue weighted by molar-refractivity contribution is 8.01. The molecule has 0 bridgehead atoms. The Hall–Kier alpha value is -3.94.